The summed E-state index contributed by atoms with van der Waals surface area (Å²) < 4.78 is 46.4. The maximum absolute atomic E-state index is 14.1. The molecule has 0 radical (unpaired) electrons. The van der Waals surface area contributed by atoms with Gasteiger partial charge in [0.1, 0.15) is 11.4 Å². The number of fused-ring (bicyclic) bond motifs is 2. The van der Waals surface area contributed by atoms with Crippen LogP contribution >= 0.6 is 11.6 Å². The van der Waals surface area contributed by atoms with Crippen LogP contribution < -0.4 is 9.64 Å². The summed E-state index contributed by atoms with van der Waals surface area (Å²) in [6.45, 7) is 5.76. The van der Waals surface area contributed by atoms with Crippen molar-refractivity contribution in [1.82, 2.24) is 0 Å². The van der Waals surface area contributed by atoms with E-state index in [1.807, 2.05) is 32.0 Å². The molecule has 0 spiro atoms. The Kier molecular flexibility index (Phi) is 5.60. The van der Waals surface area contributed by atoms with Gasteiger partial charge in [0.15, 0.2) is 0 Å². The summed E-state index contributed by atoms with van der Waals surface area (Å²) >= 11 is 6.31. The van der Waals surface area contributed by atoms with Crippen molar-refractivity contribution in [3.8, 4) is 5.75 Å². The van der Waals surface area contributed by atoms with Crippen LogP contribution in [0.1, 0.15) is 59.8 Å². The first-order chi connectivity index (χ1) is 17.2. The minimum atomic E-state index is -4.86. The Labute approximate surface area is 216 Å². The molecule has 9 heteroatoms. The van der Waals surface area contributed by atoms with Crippen molar-refractivity contribution in [2.24, 2.45) is 0 Å². The van der Waals surface area contributed by atoms with Crippen molar-refractivity contribution >= 4 is 34.9 Å². The predicted molar refractivity (Wildman–Crippen MR) is 133 cm³/mol. The van der Waals surface area contributed by atoms with Crippen LogP contribution in [0.4, 0.5) is 24.5 Å². The SMILES string of the molecule is CC1(C)CCc2cc([C@]3(C)C(=O)N(c4ccc(C(F)(F)F)c(C(=O)O)c4)c4ccc(Cl)cc43)ccc2O1. The Balaban J connectivity index is 1.66. The van der Waals surface area contributed by atoms with Gasteiger partial charge in [-0.25, -0.2) is 4.79 Å². The lowest BCUT2D eigenvalue weighted by atomic mass is 9.76. The molecular weight excluding hydrogens is 507 g/mol. The van der Waals surface area contributed by atoms with E-state index >= 15 is 0 Å². The number of alkyl halides is 3. The quantitative estimate of drug-likeness (QED) is 0.391. The van der Waals surface area contributed by atoms with Crippen LogP contribution in [0.5, 0.6) is 5.75 Å². The lowest BCUT2D eigenvalue weighted by molar-refractivity contribution is -0.138. The number of hydrogen-bond acceptors (Lipinski definition) is 3. The second-order valence-corrected chi connectivity index (χ2v) is 10.6. The summed E-state index contributed by atoms with van der Waals surface area (Å²) in [5, 5.41) is 9.88. The summed E-state index contributed by atoms with van der Waals surface area (Å²) in [5.74, 6) is -1.43. The molecule has 0 bridgehead atoms. The van der Waals surface area contributed by atoms with Crippen molar-refractivity contribution < 1.29 is 32.6 Å². The highest BCUT2D eigenvalue weighted by atomic mass is 35.5. The second-order valence-electron chi connectivity index (χ2n) is 10.1. The zero-order valence-electron chi connectivity index (χ0n) is 20.2. The molecule has 0 fully saturated rings. The molecule has 2 aliphatic heterocycles. The van der Waals surface area contributed by atoms with Gasteiger partial charge in [-0.1, -0.05) is 23.7 Å². The summed E-state index contributed by atoms with van der Waals surface area (Å²) in [6.07, 6.45) is -3.30. The number of benzene rings is 3. The van der Waals surface area contributed by atoms with E-state index < -0.39 is 34.6 Å². The summed E-state index contributed by atoms with van der Waals surface area (Å²) in [5.41, 5.74) is -1.11. The highest BCUT2D eigenvalue weighted by Gasteiger charge is 2.50. The average Bonchev–Trinajstić information content (AvgIpc) is 3.04. The fraction of sp³-hybridized carbons (Fsp3) is 0.286. The molecule has 3 aromatic rings. The highest BCUT2D eigenvalue weighted by molar-refractivity contribution is 6.31. The largest absolute Gasteiger partial charge is 0.488 e. The van der Waals surface area contributed by atoms with Crippen LogP contribution in [0.3, 0.4) is 0 Å². The summed E-state index contributed by atoms with van der Waals surface area (Å²) in [4.78, 5) is 27.1. The number of carboxylic acid groups (broad SMARTS) is 1. The zero-order chi connectivity index (χ0) is 26.9. The highest BCUT2D eigenvalue weighted by Crippen LogP contribution is 2.51. The predicted octanol–water partition coefficient (Wildman–Crippen LogP) is 7.14. The molecule has 1 atom stereocenters. The monoisotopic (exact) mass is 529 g/mol. The first kappa shape index (κ1) is 25.1. The molecule has 2 aliphatic rings. The van der Waals surface area contributed by atoms with Crippen molar-refractivity contribution in [1.29, 1.82) is 0 Å². The first-order valence-electron chi connectivity index (χ1n) is 11.6. The number of aryl methyl sites for hydroxylation is 1. The van der Waals surface area contributed by atoms with Gasteiger partial charge in [-0.3, -0.25) is 9.69 Å². The fourth-order valence-electron chi connectivity index (χ4n) is 5.15. The van der Waals surface area contributed by atoms with Gasteiger partial charge in [-0.05, 0) is 92.8 Å². The van der Waals surface area contributed by atoms with Gasteiger partial charge in [0.25, 0.3) is 0 Å². The Morgan fingerprint density at radius 3 is 2.46 bits per heavy atom. The Morgan fingerprint density at radius 1 is 1.05 bits per heavy atom. The number of rotatable bonds is 3. The molecule has 0 unspecified atom stereocenters. The maximum atomic E-state index is 14.1. The fourth-order valence-corrected chi connectivity index (χ4v) is 5.32. The van der Waals surface area contributed by atoms with Crippen LogP contribution in [0, 0.1) is 0 Å². The summed E-state index contributed by atoms with van der Waals surface area (Å²) in [6, 6.07) is 13.1. The molecule has 5 rings (SSSR count). The lowest BCUT2D eigenvalue weighted by Crippen LogP contribution is -2.37. The third kappa shape index (κ3) is 4.03. The van der Waals surface area contributed by atoms with Crippen molar-refractivity contribution in [3.63, 3.8) is 0 Å². The van der Waals surface area contributed by atoms with Gasteiger partial charge >= 0.3 is 12.1 Å². The molecule has 192 valence electrons. The van der Waals surface area contributed by atoms with Crippen molar-refractivity contribution in [3.05, 3.63) is 87.4 Å². The zero-order valence-corrected chi connectivity index (χ0v) is 21.0. The number of anilines is 2. The molecule has 2 heterocycles. The second kappa shape index (κ2) is 8.25. The number of carboxylic acids is 1. The van der Waals surface area contributed by atoms with Gasteiger partial charge in [-0.2, -0.15) is 13.2 Å². The number of aromatic carboxylic acids is 1. The number of ether oxygens (including phenoxy) is 1. The number of hydrogen-bond donors (Lipinski definition) is 1. The van der Waals surface area contributed by atoms with E-state index in [2.05, 4.69) is 0 Å². The molecule has 0 aromatic heterocycles. The number of halogens is 4. The van der Waals surface area contributed by atoms with Crippen LogP contribution in [0.25, 0.3) is 0 Å². The third-order valence-electron chi connectivity index (χ3n) is 7.19. The van der Waals surface area contributed by atoms with Gasteiger partial charge in [0.2, 0.25) is 5.91 Å². The van der Waals surface area contributed by atoms with Crippen molar-refractivity contribution in [2.45, 2.75) is 50.8 Å². The maximum Gasteiger partial charge on any atom is 0.417 e. The molecule has 1 amide bonds. The number of amides is 1. The Hall–Kier alpha value is -3.52. The average molecular weight is 530 g/mol. The van der Waals surface area contributed by atoms with Crippen molar-refractivity contribution in [2.75, 3.05) is 4.90 Å². The van der Waals surface area contributed by atoms with Crippen LogP contribution in [0.15, 0.2) is 54.6 Å². The molecule has 5 nitrogen and oxygen atoms in total. The molecule has 1 N–H and O–H groups in total. The van der Waals surface area contributed by atoms with E-state index in [4.69, 9.17) is 16.3 Å². The van der Waals surface area contributed by atoms with Crippen LogP contribution in [-0.2, 0) is 22.8 Å². The van der Waals surface area contributed by atoms with Crippen LogP contribution in [0.2, 0.25) is 5.02 Å². The van der Waals surface area contributed by atoms with E-state index in [0.29, 0.717) is 27.9 Å². The van der Waals surface area contributed by atoms with E-state index in [0.717, 1.165) is 36.3 Å². The first-order valence-corrected chi connectivity index (χ1v) is 12.0. The van der Waals surface area contributed by atoms with Gasteiger partial charge in [0.05, 0.1) is 22.2 Å². The van der Waals surface area contributed by atoms with Gasteiger partial charge in [-0.15, -0.1) is 0 Å². The number of nitrogens with zero attached hydrogens (tertiary/aromatic N) is 1. The molecular formula is C28H23ClF3NO4. The molecule has 3 aromatic carbocycles. The lowest BCUT2D eigenvalue weighted by Gasteiger charge is -2.34. The number of carbonyl (C=O) groups is 2. The van der Waals surface area contributed by atoms with E-state index in [9.17, 15) is 27.9 Å². The van der Waals surface area contributed by atoms with Gasteiger partial charge < -0.3 is 9.84 Å². The number of carbonyl (C=O) groups excluding carboxylic acids is 1. The Bertz CT molecular complexity index is 1470. The van der Waals surface area contributed by atoms with E-state index in [1.54, 1.807) is 25.1 Å². The molecule has 0 aliphatic carbocycles. The minimum Gasteiger partial charge on any atom is -0.488 e. The third-order valence-corrected chi connectivity index (χ3v) is 7.42. The van der Waals surface area contributed by atoms with E-state index in [1.165, 1.54) is 4.90 Å². The van der Waals surface area contributed by atoms with Crippen LogP contribution in [-0.4, -0.2) is 22.6 Å². The van der Waals surface area contributed by atoms with E-state index in [-0.39, 0.29) is 11.3 Å². The molecule has 0 saturated heterocycles. The standard InChI is InChI=1S/C28H23ClF3NO4/c1-26(2)11-10-15-12-16(4-9-23(15)37-26)27(3)21-13-17(29)5-8-22(21)33(25(27)36)18-6-7-20(28(30,31)32)19(14-18)24(34)35/h4-9,12-14H,10-11H2,1-3H3,(H,34,35)/t27-/m0/s1. The minimum absolute atomic E-state index is 0.0192. The molecule has 37 heavy (non-hydrogen) atoms. The Morgan fingerprint density at radius 2 is 1.78 bits per heavy atom. The van der Waals surface area contributed by atoms with Gasteiger partial charge in [0, 0.05) is 10.7 Å². The summed E-state index contributed by atoms with van der Waals surface area (Å²) in [7, 11) is 0. The molecule has 0 saturated carbocycles. The normalized spacial score (nSPS) is 20.3. The topological polar surface area (TPSA) is 66.8 Å². The smallest absolute Gasteiger partial charge is 0.417 e.